The van der Waals surface area contributed by atoms with E-state index in [4.69, 9.17) is 0 Å². The predicted octanol–water partition coefficient (Wildman–Crippen LogP) is 4.23. The van der Waals surface area contributed by atoms with Gasteiger partial charge in [0.05, 0.1) is 6.10 Å². The molecular formula is C24H34O5S. The van der Waals surface area contributed by atoms with Gasteiger partial charge in [0.25, 0.3) is 0 Å². The lowest BCUT2D eigenvalue weighted by Gasteiger charge is -2.62. The van der Waals surface area contributed by atoms with Gasteiger partial charge < -0.3 is 10.2 Å². The van der Waals surface area contributed by atoms with Crippen molar-refractivity contribution in [2.75, 3.05) is 0 Å². The molecule has 30 heavy (non-hydrogen) atoms. The molecule has 3 saturated carbocycles. The number of aliphatic carboxylic acids is 1. The van der Waals surface area contributed by atoms with Crippen molar-refractivity contribution in [1.82, 2.24) is 0 Å². The second-order valence-electron chi connectivity index (χ2n) is 10.8. The number of carboxylic acid groups (broad SMARTS) is 1. The molecule has 8 atom stereocenters. The summed E-state index contributed by atoms with van der Waals surface area (Å²) in [5, 5.41) is 20.9. The van der Waals surface area contributed by atoms with Crippen molar-refractivity contribution >= 4 is 28.6 Å². The molecule has 2 N–H and O–H groups in total. The molecule has 0 aromatic rings. The van der Waals surface area contributed by atoms with Crippen LogP contribution in [-0.4, -0.2) is 37.9 Å². The van der Waals surface area contributed by atoms with Crippen molar-refractivity contribution in [1.29, 1.82) is 0 Å². The van der Waals surface area contributed by atoms with Crippen LogP contribution in [0.15, 0.2) is 11.6 Å². The number of thioether (sulfide) groups is 1. The molecule has 166 valence electrons. The van der Waals surface area contributed by atoms with E-state index in [1.165, 1.54) is 6.92 Å². The second-order valence-corrected chi connectivity index (χ2v) is 12.4. The number of aliphatic hydroxyl groups excluding tert-OH is 1. The van der Waals surface area contributed by atoms with Gasteiger partial charge in [-0.1, -0.05) is 31.2 Å². The number of carbonyl (C=O) groups is 3. The number of fused-ring (bicyclic) bond motifs is 5. The molecule has 0 saturated heterocycles. The van der Waals surface area contributed by atoms with Crippen LogP contribution in [0.4, 0.5) is 0 Å². The van der Waals surface area contributed by atoms with Gasteiger partial charge in [-0.2, -0.15) is 0 Å². The molecule has 0 bridgehead atoms. The number of carbonyl (C=O) groups excluding carboxylic acids is 2. The molecule has 6 heteroatoms. The maximum absolute atomic E-state index is 12.6. The molecule has 0 aliphatic heterocycles. The zero-order chi connectivity index (χ0) is 22.1. The third-order valence-electron chi connectivity index (χ3n) is 9.45. The van der Waals surface area contributed by atoms with Gasteiger partial charge in [-0.15, -0.1) is 0 Å². The number of hydrogen-bond donors (Lipinski definition) is 2. The van der Waals surface area contributed by atoms with Crippen LogP contribution in [0.5, 0.6) is 0 Å². The van der Waals surface area contributed by atoms with Crippen LogP contribution < -0.4 is 0 Å². The minimum atomic E-state index is -1.25. The molecule has 0 amide bonds. The van der Waals surface area contributed by atoms with Gasteiger partial charge in [0.2, 0.25) is 0 Å². The van der Waals surface area contributed by atoms with Gasteiger partial charge in [-0.25, -0.2) is 0 Å². The van der Waals surface area contributed by atoms with Gasteiger partial charge >= 0.3 is 5.97 Å². The van der Waals surface area contributed by atoms with Gasteiger partial charge in [-0.05, 0) is 86.0 Å². The first-order valence-corrected chi connectivity index (χ1v) is 12.1. The Morgan fingerprint density at radius 1 is 1.17 bits per heavy atom. The van der Waals surface area contributed by atoms with Gasteiger partial charge in [0, 0.05) is 13.3 Å². The lowest BCUT2D eigenvalue weighted by molar-refractivity contribution is -0.147. The molecule has 4 aliphatic carbocycles. The minimum absolute atomic E-state index is 0.0930. The summed E-state index contributed by atoms with van der Waals surface area (Å²) in [6.07, 6.45) is 6.90. The van der Waals surface area contributed by atoms with Gasteiger partial charge in [-0.3, -0.25) is 14.4 Å². The Balaban J connectivity index is 1.86. The summed E-state index contributed by atoms with van der Waals surface area (Å²) in [6, 6.07) is 0. The van der Waals surface area contributed by atoms with Crippen molar-refractivity contribution in [2.45, 2.75) is 83.5 Å². The second kappa shape index (κ2) is 7.19. The highest BCUT2D eigenvalue weighted by molar-refractivity contribution is 8.15. The van der Waals surface area contributed by atoms with Crippen LogP contribution in [0.3, 0.4) is 0 Å². The molecule has 3 fully saturated rings. The summed E-state index contributed by atoms with van der Waals surface area (Å²) >= 11 is 0.932. The summed E-state index contributed by atoms with van der Waals surface area (Å²) in [5.74, 6) is -0.404. The highest BCUT2D eigenvalue weighted by atomic mass is 32.2. The predicted molar refractivity (Wildman–Crippen MR) is 116 cm³/mol. The highest BCUT2D eigenvalue weighted by Gasteiger charge is 2.64. The summed E-state index contributed by atoms with van der Waals surface area (Å²) in [7, 11) is 0. The van der Waals surface area contributed by atoms with E-state index < -0.39 is 10.7 Å². The molecular weight excluding hydrogens is 400 g/mol. The number of allylic oxidation sites excluding steroid dienone is 1. The van der Waals surface area contributed by atoms with Crippen LogP contribution in [-0.2, 0) is 14.4 Å². The van der Waals surface area contributed by atoms with Gasteiger partial charge in [0.15, 0.2) is 10.9 Å². The van der Waals surface area contributed by atoms with E-state index >= 15 is 0 Å². The zero-order valence-electron chi connectivity index (χ0n) is 18.4. The average Bonchev–Trinajstić information content (AvgIpc) is 2.96. The third kappa shape index (κ3) is 3.04. The summed E-state index contributed by atoms with van der Waals surface area (Å²) in [6.45, 7) is 7.58. The number of hydrogen-bond acceptors (Lipinski definition) is 5. The van der Waals surface area contributed by atoms with Crippen molar-refractivity contribution in [2.24, 2.45) is 34.5 Å². The SMILES string of the molecule is CC(=O)SC(C)(C(=O)O)C1CC2=CC(=O)CC[C@]2(C)[C@@H]2CC[C@]3(C)C(O)CC[C@H]3[C@H]12. The lowest BCUT2D eigenvalue weighted by Crippen LogP contribution is -2.59. The first kappa shape index (κ1) is 22.1. The molecule has 5 nitrogen and oxygen atoms in total. The summed E-state index contributed by atoms with van der Waals surface area (Å²) in [5.41, 5.74) is 0.801. The molecule has 0 spiro atoms. The molecule has 3 unspecified atom stereocenters. The van der Waals surface area contributed by atoms with E-state index in [9.17, 15) is 24.6 Å². The van der Waals surface area contributed by atoms with Crippen LogP contribution in [0.25, 0.3) is 0 Å². The molecule has 4 rings (SSSR count). The number of carboxylic acids is 1. The molecule has 4 aliphatic rings. The van der Waals surface area contributed by atoms with E-state index in [1.807, 2.05) is 0 Å². The maximum atomic E-state index is 12.6. The normalized spacial score (nSPS) is 44.9. The van der Waals surface area contributed by atoms with Crippen molar-refractivity contribution in [3.8, 4) is 0 Å². The van der Waals surface area contributed by atoms with Crippen LogP contribution >= 0.6 is 11.8 Å². The Morgan fingerprint density at radius 2 is 1.87 bits per heavy atom. The third-order valence-corrected chi connectivity index (χ3v) is 10.6. The van der Waals surface area contributed by atoms with E-state index in [2.05, 4.69) is 13.8 Å². The average molecular weight is 435 g/mol. The molecule has 0 aromatic heterocycles. The maximum Gasteiger partial charge on any atom is 0.320 e. The fourth-order valence-electron chi connectivity index (χ4n) is 7.67. The first-order valence-electron chi connectivity index (χ1n) is 11.3. The molecule has 0 aromatic carbocycles. The quantitative estimate of drug-likeness (QED) is 0.691. The number of aliphatic hydroxyl groups is 1. The Kier molecular flexibility index (Phi) is 5.29. The fraction of sp³-hybridized carbons (Fsp3) is 0.792. The van der Waals surface area contributed by atoms with E-state index in [0.29, 0.717) is 12.8 Å². The minimum Gasteiger partial charge on any atom is -0.480 e. The highest BCUT2D eigenvalue weighted by Crippen LogP contribution is 2.68. The van der Waals surface area contributed by atoms with E-state index in [0.717, 1.165) is 49.4 Å². The smallest absolute Gasteiger partial charge is 0.320 e. The van der Waals surface area contributed by atoms with Crippen LogP contribution in [0.2, 0.25) is 0 Å². The summed E-state index contributed by atoms with van der Waals surface area (Å²) in [4.78, 5) is 36.9. The lowest BCUT2D eigenvalue weighted by atomic mass is 9.43. The van der Waals surface area contributed by atoms with E-state index in [-0.39, 0.29) is 51.5 Å². The van der Waals surface area contributed by atoms with Gasteiger partial charge in [0.1, 0.15) is 4.75 Å². The number of rotatable bonds is 3. The molecule has 0 radical (unpaired) electrons. The van der Waals surface area contributed by atoms with Crippen LogP contribution in [0.1, 0.15) is 72.6 Å². The summed E-state index contributed by atoms with van der Waals surface area (Å²) < 4.78 is -1.25. The van der Waals surface area contributed by atoms with Crippen molar-refractivity contribution < 1.29 is 24.6 Å². The van der Waals surface area contributed by atoms with E-state index in [1.54, 1.807) is 13.0 Å². The largest absolute Gasteiger partial charge is 0.480 e. The first-order chi connectivity index (χ1) is 13.9. The van der Waals surface area contributed by atoms with Crippen LogP contribution in [0, 0.1) is 34.5 Å². The standard InChI is InChI=1S/C24H34O5S/c1-13(25)30-24(4,21(28)29)18-12-14-11-15(26)7-9-22(14,2)17-8-10-23(3)16(20(17)18)5-6-19(23)27/h11,16-20,27H,5-10,12H2,1-4H3,(H,28,29)/t16-,17+,18?,19?,20-,22-,23-,24?/m0/s1. The Hall–Kier alpha value is -1.14. The number of ketones is 1. The Bertz CT molecular complexity index is 820. The molecule has 0 heterocycles. The zero-order valence-corrected chi connectivity index (χ0v) is 19.3. The monoisotopic (exact) mass is 434 g/mol. The fourth-order valence-corrected chi connectivity index (χ4v) is 8.75. The Labute approximate surface area is 183 Å². The topological polar surface area (TPSA) is 91.7 Å². The van der Waals surface area contributed by atoms with Crippen molar-refractivity contribution in [3.63, 3.8) is 0 Å². The Morgan fingerprint density at radius 3 is 2.50 bits per heavy atom. The van der Waals surface area contributed by atoms with Crippen molar-refractivity contribution in [3.05, 3.63) is 11.6 Å².